The molecule has 0 unspecified atom stereocenters. The molecular weight excluding hydrogens is 236 g/mol. The zero-order valence-corrected chi connectivity index (χ0v) is 10.6. The van der Waals surface area contributed by atoms with Crippen LogP contribution in [0, 0.1) is 0 Å². The van der Waals surface area contributed by atoms with E-state index in [1.165, 1.54) is 24.9 Å². The monoisotopic (exact) mass is 252 g/mol. The summed E-state index contributed by atoms with van der Waals surface area (Å²) >= 11 is 1.82. The van der Waals surface area contributed by atoms with Crippen molar-refractivity contribution >= 4 is 17.7 Å². The first-order chi connectivity index (χ1) is 8.15. The molecule has 2 rings (SSSR count). The van der Waals surface area contributed by atoms with Crippen LogP contribution in [0.15, 0.2) is 18.5 Å². The molecule has 0 bridgehead atoms. The Morgan fingerprint density at radius 2 is 2.35 bits per heavy atom. The van der Waals surface area contributed by atoms with E-state index in [2.05, 4.69) is 16.6 Å². The van der Waals surface area contributed by atoms with Gasteiger partial charge in [0.2, 0.25) is 0 Å². The van der Waals surface area contributed by atoms with Gasteiger partial charge in [-0.15, -0.1) is 0 Å². The first-order valence-corrected chi connectivity index (χ1v) is 6.85. The quantitative estimate of drug-likeness (QED) is 0.857. The van der Waals surface area contributed by atoms with E-state index in [-0.39, 0.29) is 16.4 Å². The summed E-state index contributed by atoms with van der Waals surface area (Å²) in [6.07, 6.45) is 8.42. The number of thioether (sulfide) groups is 1. The van der Waals surface area contributed by atoms with Gasteiger partial charge in [0.05, 0.1) is 11.8 Å². The van der Waals surface area contributed by atoms with Crippen LogP contribution in [0.2, 0.25) is 0 Å². The van der Waals surface area contributed by atoms with Crippen molar-refractivity contribution < 1.29 is 9.90 Å². The van der Waals surface area contributed by atoms with Crippen molar-refractivity contribution in [2.45, 2.75) is 24.0 Å². The molecule has 0 aliphatic heterocycles. The zero-order valence-electron chi connectivity index (χ0n) is 9.77. The summed E-state index contributed by atoms with van der Waals surface area (Å²) in [4.78, 5) is 15.6. The van der Waals surface area contributed by atoms with E-state index >= 15 is 0 Å². The second kappa shape index (κ2) is 4.96. The Morgan fingerprint density at radius 3 is 2.88 bits per heavy atom. The molecule has 1 amide bonds. The van der Waals surface area contributed by atoms with E-state index in [1.54, 1.807) is 0 Å². The van der Waals surface area contributed by atoms with Gasteiger partial charge in [0.15, 0.2) is 0 Å². The smallest absolute Gasteiger partial charge is 0.253 e. The summed E-state index contributed by atoms with van der Waals surface area (Å²) in [5.41, 5.74) is 0.403. The summed E-state index contributed by atoms with van der Waals surface area (Å²) in [5.74, 6) is -0.158. The van der Waals surface area contributed by atoms with Gasteiger partial charge in [-0.1, -0.05) is 6.42 Å². The van der Waals surface area contributed by atoms with Gasteiger partial charge in [0, 0.05) is 17.5 Å². The molecular formula is C12H16N2O2S. The first-order valence-electron chi connectivity index (χ1n) is 5.63. The molecule has 0 atom stereocenters. The predicted octanol–water partition coefficient (Wildman–Crippen LogP) is 1.80. The predicted molar refractivity (Wildman–Crippen MR) is 68.3 cm³/mol. The van der Waals surface area contributed by atoms with Crippen molar-refractivity contribution in [2.75, 3.05) is 12.8 Å². The lowest BCUT2D eigenvalue weighted by Crippen LogP contribution is -2.45. The minimum Gasteiger partial charge on any atom is -0.506 e. The summed E-state index contributed by atoms with van der Waals surface area (Å²) in [6, 6.07) is 1.43. The van der Waals surface area contributed by atoms with Gasteiger partial charge in [-0.2, -0.15) is 11.8 Å². The molecule has 17 heavy (non-hydrogen) atoms. The molecule has 1 aliphatic rings. The maximum absolute atomic E-state index is 11.8. The van der Waals surface area contributed by atoms with Crippen LogP contribution >= 0.6 is 11.8 Å². The SMILES string of the molecule is CSC1(CNC(=O)c2cncc(O)c2)CCC1. The second-order valence-electron chi connectivity index (χ2n) is 4.36. The molecule has 1 aromatic rings. The van der Waals surface area contributed by atoms with Crippen molar-refractivity contribution in [3.63, 3.8) is 0 Å². The maximum Gasteiger partial charge on any atom is 0.253 e. The lowest BCUT2D eigenvalue weighted by molar-refractivity contribution is 0.0943. The number of aromatic hydroxyl groups is 1. The average Bonchev–Trinajstić information content (AvgIpc) is 2.28. The van der Waals surface area contributed by atoms with Crippen molar-refractivity contribution in [2.24, 2.45) is 0 Å². The molecule has 1 heterocycles. The van der Waals surface area contributed by atoms with E-state index in [0.29, 0.717) is 12.1 Å². The topological polar surface area (TPSA) is 62.2 Å². The summed E-state index contributed by atoms with van der Waals surface area (Å²) < 4.78 is 0.222. The molecule has 1 aliphatic carbocycles. The van der Waals surface area contributed by atoms with Crippen LogP contribution in [0.4, 0.5) is 0 Å². The number of hydrogen-bond acceptors (Lipinski definition) is 4. The normalized spacial score (nSPS) is 17.2. The van der Waals surface area contributed by atoms with Gasteiger partial charge in [-0.25, -0.2) is 0 Å². The number of aromatic nitrogens is 1. The zero-order chi connectivity index (χ0) is 12.3. The van der Waals surface area contributed by atoms with Crippen molar-refractivity contribution in [1.82, 2.24) is 10.3 Å². The highest BCUT2D eigenvalue weighted by atomic mass is 32.2. The van der Waals surface area contributed by atoms with E-state index in [4.69, 9.17) is 0 Å². The molecule has 1 fully saturated rings. The molecule has 92 valence electrons. The Kier molecular flexibility index (Phi) is 3.57. The Labute approximate surface area is 105 Å². The number of carbonyl (C=O) groups is 1. The van der Waals surface area contributed by atoms with E-state index < -0.39 is 0 Å². The number of carbonyl (C=O) groups excluding carboxylic acids is 1. The van der Waals surface area contributed by atoms with Crippen molar-refractivity contribution in [1.29, 1.82) is 0 Å². The minimum absolute atomic E-state index is 0.0147. The average molecular weight is 252 g/mol. The molecule has 1 aromatic heterocycles. The minimum atomic E-state index is -0.172. The number of nitrogens with zero attached hydrogens (tertiary/aromatic N) is 1. The largest absolute Gasteiger partial charge is 0.506 e. The molecule has 4 nitrogen and oxygen atoms in total. The van der Waals surface area contributed by atoms with E-state index in [0.717, 1.165) is 12.8 Å². The highest BCUT2D eigenvalue weighted by Gasteiger charge is 2.36. The Bertz CT molecular complexity index is 413. The third kappa shape index (κ3) is 2.72. The molecule has 5 heteroatoms. The number of nitrogens with one attached hydrogen (secondary N) is 1. The summed E-state index contributed by atoms with van der Waals surface area (Å²) in [5, 5.41) is 12.2. The third-order valence-corrected chi connectivity index (χ3v) is 4.67. The van der Waals surface area contributed by atoms with Crippen LogP contribution < -0.4 is 5.32 Å². The molecule has 0 spiro atoms. The van der Waals surface area contributed by atoms with Crippen LogP contribution in [0.25, 0.3) is 0 Å². The Morgan fingerprint density at radius 1 is 1.59 bits per heavy atom. The standard InChI is InChI=1S/C12H16N2O2S/c1-17-12(3-2-4-12)8-14-11(16)9-5-10(15)7-13-6-9/h5-7,15H,2-4,8H2,1H3,(H,14,16). The van der Waals surface area contributed by atoms with Gasteiger partial charge < -0.3 is 10.4 Å². The third-order valence-electron chi connectivity index (χ3n) is 3.25. The van der Waals surface area contributed by atoms with Crippen molar-refractivity contribution in [3.05, 3.63) is 24.0 Å². The molecule has 0 aromatic carbocycles. The number of rotatable bonds is 4. The molecule has 1 saturated carbocycles. The summed E-state index contributed by atoms with van der Waals surface area (Å²) in [7, 11) is 0. The van der Waals surface area contributed by atoms with Crippen LogP contribution in [-0.2, 0) is 0 Å². The van der Waals surface area contributed by atoms with Gasteiger partial charge >= 0.3 is 0 Å². The van der Waals surface area contributed by atoms with Gasteiger partial charge in [-0.3, -0.25) is 9.78 Å². The van der Waals surface area contributed by atoms with E-state index in [9.17, 15) is 9.90 Å². The first kappa shape index (κ1) is 12.2. The number of amides is 1. The molecule has 0 saturated heterocycles. The molecule has 2 N–H and O–H groups in total. The van der Waals surface area contributed by atoms with Gasteiger partial charge in [-0.05, 0) is 25.2 Å². The maximum atomic E-state index is 11.8. The van der Waals surface area contributed by atoms with Crippen molar-refractivity contribution in [3.8, 4) is 5.75 Å². The van der Waals surface area contributed by atoms with Gasteiger partial charge in [0.1, 0.15) is 5.75 Å². The van der Waals surface area contributed by atoms with E-state index in [1.807, 2.05) is 11.8 Å². The summed E-state index contributed by atoms with van der Waals surface area (Å²) in [6.45, 7) is 0.683. The number of pyridine rings is 1. The van der Waals surface area contributed by atoms with Crippen LogP contribution in [-0.4, -0.2) is 33.5 Å². The van der Waals surface area contributed by atoms with Crippen LogP contribution in [0.5, 0.6) is 5.75 Å². The lowest BCUT2D eigenvalue weighted by atomic mass is 9.84. The Hall–Kier alpha value is -1.23. The number of hydrogen-bond donors (Lipinski definition) is 2. The second-order valence-corrected chi connectivity index (χ2v) is 5.63. The fourth-order valence-corrected chi connectivity index (χ4v) is 2.83. The van der Waals surface area contributed by atoms with Crippen LogP contribution in [0.1, 0.15) is 29.6 Å². The molecule has 0 radical (unpaired) electrons. The van der Waals surface area contributed by atoms with Gasteiger partial charge in [0.25, 0.3) is 5.91 Å². The fraction of sp³-hybridized carbons (Fsp3) is 0.500. The van der Waals surface area contributed by atoms with Crippen LogP contribution in [0.3, 0.4) is 0 Å². The highest BCUT2D eigenvalue weighted by molar-refractivity contribution is 8.00. The lowest BCUT2D eigenvalue weighted by Gasteiger charge is -2.40. The Balaban J connectivity index is 1.93. The highest BCUT2D eigenvalue weighted by Crippen LogP contribution is 2.42. The fourth-order valence-electron chi connectivity index (χ4n) is 1.92.